The van der Waals surface area contributed by atoms with E-state index in [1.165, 1.54) is 26.4 Å². The molecule has 0 unspecified atom stereocenters. The number of phenolic OH excluding ortho intramolecular Hbond substituents is 1. The number of carbonyl (C=O) groups excluding carboxylic acids is 1. The molecule has 1 rings (SSSR count). The Labute approximate surface area is 86.5 Å². The van der Waals surface area contributed by atoms with Crippen LogP contribution in [0.1, 0.15) is 15.9 Å². The summed E-state index contributed by atoms with van der Waals surface area (Å²) in [6, 6.07) is 4.51. The first-order valence-corrected chi connectivity index (χ1v) is 4.04. The summed E-state index contributed by atoms with van der Waals surface area (Å²) in [4.78, 5) is 11.2. The molecule has 5 heteroatoms. The van der Waals surface area contributed by atoms with Crippen molar-refractivity contribution in [3.05, 3.63) is 23.3 Å². The number of rotatable bonds is 2. The molecule has 15 heavy (non-hydrogen) atoms. The quantitative estimate of drug-likeness (QED) is 0.733. The van der Waals surface area contributed by atoms with Crippen molar-refractivity contribution in [2.45, 2.75) is 0 Å². The second-order valence-electron chi connectivity index (χ2n) is 2.64. The molecule has 0 aliphatic heterocycles. The molecule has 78 valence electrons. The minimum atomic E-state index is -0.702. The van der Waals surface area contributed by atoms with Gasteiger partial charge in [0.1, 0.15) is 22.9 Å². The maximum absolute atomic E-state index is 11.2. The predicted octanol–water partition coefficient (Wildman–Crippen LogP) is 1.06. The molecule has 0 aliphatic rings. The Hall–Kier alpha value is -2.22. The lowest BCUT2D eigenvalue weighted by Crippen LogP contribution is -2.03. The van der Waals surface area contributed by atoms with Crippen LogP contribution in [0.15, 0.2) is 12.1 Å². The Morgan fingerprint density at radius 1 is 1.47 bits per heavy atom. The smallest absolute Gasteiger partial charge is 0.341 e. The van der Waals surface area contributed by atoms with E-state index in [1.54, 1.807) is 6.07 Å². The van der Waals surface area contributed by atoms with Crippen LogP contribution in [0.25, 0.3) is 0 Å². The van der Waals surface area contributed by atoms with Gasteiger partial charge in [0.25, 0.3) is 0 Å². The van der Waals surface area contributed by atoms with Crippen molar-refractivity contribution >= 4 is 5.97 Å². The number of benzene rings is 1. The summed E-state index contributed by atoms with van der Waals surface area (Å²) in [5.74, 6) is -0.919. The molecule has 1 N–H and O–H groups in total. The lowest BCUT2D eigenvalue weighted by molar-refractivity contribution is 0.0597. The number of hydrogen-bond acceptors (Lipinski definition) is 5. The van der Waals surface area contributed by atoms with Crippen molar-refractivity contribution in [3.8, 4) is 17.6 Å². The number of ether oxygens (including phenoxy) is 2. The van der Waals surface area contributed by atoms with Crippen LogP contribution in [-0.4, -0.2) is 25.3 Å². The summed E-state index contributed by atoms with van der Waals surface area (Å²) in [5.41, 5.74) is -0.143. The number of nitrogens with zero attached hydrogens (tertiary/aromatic N) is 1. The molecule has 0 radical (unpaired) electrons. The van der Waals surface area contributed by atoms with Gasteiger partial charge in [0.05, 0.1) is 14.2 Å². The number of hydrogen-bond donors (Lipinski definition) is 1. The van der Waals surface area contributed by atoms with E-state index in [-0.39, 0.29) is 16.9 Å². The van der Waals surface area contributed by atoms with E-state index in [9.17, 15) is 9.90 Å². The lowest BCUT2D eigenvalue weighted by Gasteiger charge is -2.07. The first-order valence-electron chi connectivity index (χ1n) is 4.04. The summed E-state index contributed by atoms with van der Waals surface area (Å²) < 4.78 is 9.29. The monoisotopic (exact) mass is 207 g/mol. The van der Waals surface area contributed by atoms with Gasteiger partial charge < -0.3 is 14.6 Å². The largest absolute Gasteiger partial charge is 0.506 e. The Morgan fingerprint density at radius 2 is 2.13 bits per heavy atom. The van der Waals surface area contributed by atoms with Crippen LogP contribution in [0.2, 0.25) is 0 Å². The zero-order valence-corrected chi connectivity index (χ0v) is 8.27. The SMILES string of the molecule is COC(=O)c1ccc(OC)c(C#N)c1O. The molecule has 0 saturated carbocycles. The van der Waals surface area contributed by atoms with Gasteiger partial charge in [-0.05, 0) is 12.1 Å². The first-order chi connectivity index (χ1) is 7.15. The standard InChI is InChI=1S/C10H9NO4/c1-14-8-4-3-6(10(13)15-2)9(12)7(8)5-11/h3-4,12H,1-2H3. The molecule has 0 heterocycles. The third-order valence-corrected chi connectivity index (χ3v) is 1.88. The molecule has 1 aromatic rings. The minimum Gasteiger partial charge on any atom is -0.506 e. The maximum Gasteiger partial charge on any atom is 0.341 e. The molecule has 1 aromatic carbocycles. The number of aromatic hydroxyl groups is 1. The maximum atomic E-state index is 11.2. The third kappa shape index (κ3) is 1.83. The van der Waals surface area contributed by atoms with E-state index in [4.69, 9.17) is 10.00 Å². The second-order valence-corrected chi connectivity index (χ2v) is 2.64. The topological polar surface area (TPSA) is 79.5 Å². The van der Waals surface area contributed by atoms with Crippen molar-refractivity contribution in [1.29, 1.82) is 5.26 Å². The number of carbonyl (C=O) groups is 1. The van der Waals surface area contributed by atoms with E-state index < -0.39 is 11.7 Å². The molecule has 0 aliphatic carbocycles. The highest BCUT2D eigenvalue weighted by atomic mass is 16.5. The van der Waals surface area contributed by atoms with Crippen LogP contribution < -0.4 is 4.74 Å². The Morgan fingerprint density at radius 3 is 2.60 bits per heavy atom. The summed E-state index contributed by atoms with van der Waals surface area (Å²) >= 11 is 0. The van der Waals surface area contributed by atoms with Gasteiger partial charge in [0, 0.05) is 0 Å². The van der Waals surface area contributed by atoms with E-state index >= 15 is 0 Å². The van der Waals surface area contributed by atoms with Crippen molar-refractivity contribution in [2.75, 3.05) is 14.2 Å². The molecule has 0 aromatic heterocycles. The summed E-state index contributed by atoms with van der Waals surface area (Å²) in [7, 11) is 2.56. The normalized spacial score (nSPS) is 9.13. The van der Waals surface area contributed by atoms with E-state index in [1.807, 2.05) is 0 Å². The molecule has 0 amide bonds. The molecule has 0 fully saturated rings. The van der Waals surface area contributed by atoms with Crippen LogP contribution >= 0.6 is 0 Å². The zero-order chi connectivity index (χ0) is 11.4. The fourth-order valence-electron chi connectivity index (χ4n) is 1.13. The zero-order valence-electron chi connectivity index (χ0n) is 8.27. The lowest BCUT2D eigenvalue weighted by atomic mass is 10.1. The molecule has 0 spiro atoms. The molecule has 0 saturated heterocycles. The van der Waals surface area contributed by atoms with Gasteiger partial charge in [0.2, 0.25) is 0 Å². The van der Waals surface area contributed by atoms with Gasteiger partial charge in [-0.2, -0.15) is 5.26 Å². The van der Waals surface area contributed by atoms with Crippen LogP contribution in [0.3, 0.4) is 0 Å². The molecular formula is C10H9NO4. The minimum absolute atomic E-state index is 0.0603. The number of phenols is 1. The second kappa shape index (κ2) is 4.33. The number of esters is 1. The van der Waals surface area contributed by atoms with Crippen LogP contribution in [0, 0.1) is 11.3 Å². The van der Waals surface area contributed by atoms with Crippen LogP contribution in [0.5, 0.6) is 11.5 Å². The molecular weight excluding hydrogens is 198 g/mol. The van der Waals surface area contributed by atoms with Crippen molar-refractivity contribution < 1.29 is 19.4 Å². The fourth-order valence-corrected chi connectivity index (χ4v) is 1.13. The number of nitriles is 1. The highest BCUT2D eigenvalue weighted by molar-refractivity contribution is 5.93. The summed E-state index contributed by atoms with van der Waals surface area (Å²) in [6.07, 6.45) is 0. The molecule has 0 atom stereocenters. The van der Waals surface area contributed by atoms with Gasteiger partial charge in [-0.3, -0.25) is 0 Å². The van der Waals surface area contributed by atoms with Gasteiger partial charge in [-0.1, -0.05) is 0 Å². The highest BCUT2D eigenvalue weighted by Crippen LogP contribution is 2.30. The fraction of sp³-hybridized carbons (Fsp3) is 0.200. The summed E-state index contributed by atoms with van der Waals surface area (Å²) in [5, 5.41) is 18.4. The summed E-state index contributed by atoms with van der Waals surface area (Å²) in [6.45, 7) is 0. The molecule has 5 nitrogen and oxygen atoms in total. The third-order valence-electron chi connectivity index (χ3n) is 1.88. The van der Waals surface area contributed by atoms with Crippen LogP contribution in [-0.2, 0) is 4.74 Å². The van der Waals surface area contributed by atoms with Gasteiger partial charge in [0.15, 0.2) is 5.75 Å². The van der Waals surface area contributed by atoms with E-state index in [2.05, 4.69) is 4.74 Å². The Bertz CT molecular complexity index is 434. The Kier molecular flexibility index (Phi) is 3.13. The average Bonchev–Trinajstić information content (AvgIpc) is 2.27. The van der Waals surface area contributed by atoms with Crippen molar-refractivity contribution in [2.24, 2.45) is 0 Å². The predicted molar refractivity (Wildman–Crippen MR) is 50.7 cm³/mol. The molecule has 0 bridgehead atoms. The van der Waals surface area contributed by atoms with Gasteiger partial charge in [-0.15, -0.1) is 0 Å². The number of methoxy groups -OCH3 is 2. The van der Waals surface area contributed by atoms with Gasteiger partial charge in [-0.25, -0.2) is 4.79 Å². The Balaban J connectivity index is 3.37. The highest BCUT2D eigenvalue weighted by Gasteiger charge is 2.18. The first kappa shape index (κ1) is 10.9. The average molecular weight is 207 g/mol. The van der Waals surface area contributed by atoms with E-state index in [0.29, 0.717) is 0 Å². The van der Waals surface area contributed by atoms with Crippen LogP contribution in [0.4, 0.5) is 0 Å². The van der Waals surface area contributed by atoms with E-state index in [0.717, 1.165) is 0 Å². The van der Waals surface area contributed by atoms with Gasteiger partial charge >= 0.3 is 5.97 Å². The van der Waals surface area contributed by atoms with Crippen molar-refractivity contribution in [3.63, 3.8) is 0 Å². The van der Waals surface area contributed by atoms with Crippen molar-refractivity contribution in [1.82, 2.24) is 0 Å².